The second kappa shape index (κ2) is 27.5. The lowest BCUT2D eigenvalue weighted by Crippen LogP contribution is -2.52. The monoisotopic (exact) mass is 656 g/mol. The Morgan fingerprint density at radius 1 is 0.500 bits per heavy atom. The standard InChI is InChI=1S/C32H65N9O5/c1-23(13-3-8-18-33)29(43)40-28(17-6-11-21-36)32(46)39-26(24(2)42)15-7-12-22-38-31(45)27(16-5-10-20-35)41-30(44)25(37)14-4-9-19-34/h23,25-28H,3-22,33-37H2,1-2H3,(H,38,45)(H,39,46)(H,40,43)(H,41,44). The molecule has 5 atom stereocenters. The summed E-state index contributed by atoms with van der Waals surface area (Å²) in [6, 6.07) is -2.92. The van der Waals surface area contributed by atoms with Crippen LogP contribution in [0.25, 0.3) is 0 Å². The van der Waals surface area contributed by atoms with E-state index in [1.54, 1.807) is 0 Å². The minimum atomic E-state index is -0.766. The van der Waals surface area contributed by atoms with E-state index in [9.17, 15) is 24.0 Å². The molecule has 14 nitrogen and oxygen atoms in total. The van der Waals surface area contributed by atoms with Gasteiger partial charge in [-0.25, -0.2) is 0 Å². The molecule has 268 valence electrons. The summed E-state index contributed by atoms with van der Waals surface area (Å²) < 4.78 is 0. The first-order chi connectivity index (χ1) is 22.0. The summed E-state index contributed by atoms with van der Waals surface area (Å²) in [6.07, 6.45) is 9.48. The Labute approximate surface area is 276 Å². The van der Waals surface area contributed by atoms with Crippen molar-refractivity contribution in [2.24, 2.45) is 34.6 Å². The Balaban J connectivity index is 5.01. The van der Waals surface area contributed by atoms with E-state index in [4.69, 9.17) is 28.7 Å². The smallest absolute Gasteiger partial charge is 0.243 e. The third-order valence-corrected chi connectivity index (χ3v) is 8.03. The lowest BCUT2D eigenvalue weighted by molar-refractivity contribution is -0.132. The molecule has 14 heteroatoms. The Kier molecular flexibility index (Phi) is 25.9. The molecule has 0 aliphatic rings. The number of carbonyl (C=O) groups is 5. The van der Waals surface area contributed by atoms with Gasteiger partial charge in [-0.1, -0.05) is 19.8 Å². The van der Waals surface area contributed by atoms with Crippen molar-refractivity contribution in [2.45, 2.75) is 134 Å². The molecular formula is C32H65N9O5. The Bertz CT molecular complexity index is 877. The first-order valence-corrected chi connectivity index (χ1v) is 17.3. The van der Waals surface area contributed by atoms with Crippen LogP contribution in [0.4, 0.5) is 0 Å². The van der Waals surface area contributed by atoms with Crippen LogP contribution in [0, 0.1) is 5.92 Å². The molecule has 0 aromatic carbocycles. The summed E-state index contributed by atoms with van der Waals surface area (Å²) in [6.45, 7) is 5.65. The molecule has 0 saturated heterocycles. The van der Waals surface area contributed by atoms with Gasteiger partial charge in [0.25, 0.3) is 0 Å². The van der Waals surface area contributed by atoms with Crippen molar-refractivity contribution in [3.8, 4) is 0 Å². The fraction of sp³-hybridized carbons (Fsp3) is 0.844. The van der Waals surface area contributed by atoms with Crippen molar-refractivity contribution in [1.82, 2.24) is 21.3 Å². The Hall–Kier alpha value is -2.65. The van der Waals surface area contributed by atoms with Gasteiger partial charge in [-0.3, -0.25) is 24.0 Å². The highest BCUT2D eigenvalue weighted by Gasteiger charge is 2.27. The average molecular weight is 656 g/mol. The molecule has 0 aliphatic carbocycles. The molecule has 14 N–H and O–H groups in total. The molecule has 4 amide bonds. The number of nitrogens with two attached hydrogens (primary N) is 5. The van der Waals surface area contributed by atoms with Gasteiger partial charge in [0.1, 0.15) is 12.1 Å². The molecule has 0 aliphatic heterocycles. The van der Waals surface area contributed by atoms with E-state index in [2.05, 4.69) is 21.3 Å². The van der Waals surface area contributed by atoms with Crippen molar-refractivity contribution in [2.75, 3.05) is 32.7 Å². The van der Waals surface area contributed by atoms with Crippen LogP contribution in [-0.4, -0.2) is 86.3 Å². The van der Waals surface area contributed by atoms with E-state index in [0.717, 1.165) is 32.1 Å². The van der Waals surface area contributed by atoms with Crippen molar-refractivity contribution in [3.05, 3.63) is 0 Å². The minimum absolute atomic E-state index is 0.190. The van der Waals surface area contributed by atoms with Gasteiger partial charge in [0.05, 0.1) is 12.1 Å². The van der Waals surface area contributed by atoms with Crippen LogP contribution in [0.3, 0.4) is 0 Å². The summed E-state index contributed by atoms with van der Waals surface area (Å²) in [5, 5.41) is 11.3. The second-order valence-corrected chi connectivity index (χ2v) is 12.2. The zero-order valence-electron chi connectivity index (χ0n) is 28.5. The number of carbonyl (C=O) groups excluding carboxylic acids is 5. The summed E-state index contributed by atoms with van der Waals surface area (Å²) >= 11 is 0. The van der Waals surface area contributed by atoms with E-state index in [-0.39, 0.29) is 29.4 Å². The molecule has 0 heterocycles. The van der Waals surface area contributed by atoms with E-state index in [1.165, 1.54) is 6.92 Å². The summed E-state index contributed by atoms with van der Waals surface area (Å²) in [5.74, 6) is -1.73. The van der Waals surface area contributed by atoms with E-state index in [0.29, 0.717) is 96.9 Å². The van der Waals surface area contributed by atoms with Gasteiger partial charge < -0.3 is 49.9 Å². The quantitative estimate of drug-likeness (QED) is 0.0479. The second-order valence-electron chi connectivity index (χ2n) is 12.2. The van der Waals surface area contributed by atoms with Gasteiger partial charge in [0, 0.05) is 12.5 Å². The zero-order chi connectivity index (χ0) is 34.7. The predicted molar refractivity (Wildman–Crippen MR) is 182 cm³/mol. The molecule has 0 aromatic heterocycles. The minimum Gasteiger partial charge on any atom is -0.354 e. The van der Waals surface area contributed by atoms with Crippen molar-refractivity contribution < 1.29 is 24.0 Å². The highest BCUT2D eigenvalue weighted by atomic mass is 16.2. The highest BCUT2D eigenvalue weighted by molar-refractivity contribution is 5.92. The summed E-state index contributed by atoms with van der Waals surface area (Å²) in [5.41, 5.74) is 28.3. The Morgan fingerprint density at radius 3 is 1.43 bits per heavy atom. The molecular weight excluding hydrogens is 590 g/mol. The average Bonchev–Trinajstić information content (AvgIpc) is 3.02. The first kappa shape index (κ1) is 43.4. The lowest BCUT2D eigenvalue weighted by Gasteiger charge is -2.24. The van der Waals surface area contributed by atoms with Crippen LogP contribution < -0.4 is 49.9 Å². The maximum atomic E-state index is 13.2. The van der Waals surface area contributed by atoms with Crippen LogP contribution in [0.2, 0.25) is 0 Å². The molecule has 0 radical (unpaired) electrons. The van der Waals surface area contributed by atoms with Crippen molar-refractivity contribution >= 4 is 29.4 Å². The molecule has 46 heavy (non-hydrogen) atoms. The normalized spacial score (nSPS) is 14.4. The van der Waals surface area contributed by atoms with E-state index < -0.39 is 30.1 Å². The molecule has 0 aromatic rings. The summed E-state index contributed by atoms with van der Waals surface area (Å²) in [7, 11) is 0. The molecule has 5 unspecified atom stereocenters. The van der Waals surface area contributed by atoms with E-state index >= 15 is 0 Å². The topological polar surface area (TPSA) is 264 Å². The number of ketones is 1. The van der Waals surface area contributed by atoms with Crippen LogP contribution in [0.5, 0.6) is 0 Å². The fourth-order valence-corrected chi connectivity index (χ4v) is 4.94. The van der Waals surface area contributed by atoms with Crippen molar-refractivity contribution in [3.63, 3.8) is 0 Å². The third kappa shape index (κ3) is 20.5. The van der Waals surface area contributed by atoms with Gasteiger partial charge in [0.2, 0.25) is 23.6 Å². The van der Waals surface area contributed by atoms with E-state index in [1.807, 2.05) is 6.92 Å². The lowest BCUT2D eigenvalue weighted by atomic mass is 10.0. The SMILES string of the molecule is CC(=O)C(CCCCNC(=O)C(CCCCN)NC(=O)C(N)CCCCN)NC(=O)C(CCCCN)NC(=O)C(C)CCCCN. The van der Waals surface area contributed by atoms with Gasteiger partial charge >= 0.3 is 0 Å². The number of rotatable bonds is 29. The number of unbranched alkanes of at least 4 members (excludes halogenated alkanes) is 5. The van der Waals surface area contributed by atoms with Crippen LogP contribution >= 0.6 is 0 Å². The number of Topliss-reactive ketones (excluding diaryl/α,β-unsaturated/α-hetero) is 1. The number of hydrogen-bond acceptors (Lipinski definition) is 10. The molecule has 0 spiro atoms. The molecule has 0 fully saturated rings. The number of hydrogen-bond donors (Lipinski definition) is 9. The molecule has 0 bridgehead atoms. The van der Waals surface area contributed by atoms with Gasteiger partial charge in [-0.15, -0.1) is 0 Å². The third-order valence-electron chi connectivity index (χ3n) is 8.03. The molecule has 0 rings (SSSR count). The largest absolute Gasteiger partial charge is 0.354 e. The van der Waals surface area contributed by atoms with Crippen LogP contribution in [0.1, 0.15) is 110 Å². The van der Waals surface area contributed by atoms with Gasteiger partial charge in [0.15, 0.2) is 5.78 Å². The van der Waals surface area contributed by atoms with Crippen molar-refractivity contribution in [1.29, 1.82) is 0 Å². The fourth-order valence-electron chi connectivity index (χ4n) is 4.94. The number of nitrogens with one attached hydrogen (secondary N) is 4. The van der Waals surface area contributed by atoms with Gasteiger partial charge in [-0.2, -0.15) is 0 Å². The van der Waals surface area contributed by atoms with Gasteiger partial charge in [-0.05, 0) is 117 Å². The predicted octanol–water partition coefficient (Wildman–Crippen LogP) is -0.204. The van der Waals surface area contributed by atoms with Crippen LogP contribution in [-0.2, 0) is 24.0 Å². The summed E-state index contributed by atoms with van der Waals surface area (Å²) in [4.78, 5) is 63.9. The first-order valence-electron chi connectivity index (χ1n) is 17.3. The Morgan fingerprint density at radius 2 is 0.913 bits per heavy atom. The maximum Gasteiger partial charge on any atom is 0.243 e. The maximum absolute atomic E-state index is 13.2. The highest BCUT2D eigenvalue weighted by Crippen LogP contribution is 2.11. The number of amides is 4. The van der Waals surface area contributed by atoms with Crippen LogP contribution in [0.15, 0.2) is 0 Å². The zero-order valence-corrected chi connectivity index (χ0v) is 28.5. The molecule has 0 saturated carbocycles.